The molecule has 1 heterocycles. The molecule has 108 valence electrons. The first kappa shape index (κ1) is 14.2. The molecule has 1 aromatic heterocycles. The largest absolute Gasteiger partial charge is 0.457 e. The van der Waals surface area contributed by atoms with Crippen LogP contribution in [0.5, 0.6) is 0 Å². The maximum atomic E-state index is 6.13. The van der Waals surface area contributed by atoms with E-state index in [9.17, 15) is 0 Å². The first-order valence-corrected chi connectivity index (χ1v) is 7.04. The number of hydrogen-bond acceptors (Lipinski definition) is 4. The van der Waals surface area contributed by atoms with E-state index in [1.54, 1.807) is 18.2 Å². The van der Waals surface area contributed by atoms with E-state index in [2.05, 4.69) is 5.43 Å². The zero-order valence-corrected chi connectivity index (χ0v) is 12.4. The zero-order valence-electron chi connectivity index (χ0n) is 10.9. The number of fused-ring (bicyclic) bond motifs is 1. The normalized spacial score (nSPS) is 12.7. The summed E-state index contributed by atoms with van der Waals surface area (Å²) in [5.41, 5.74) is 10.7. The number of benzene rings is 2. The number of nitrogens with two attached hydrogens (primary N) is 2. The van der Waals surface area contributed by atoms with Crippen molar-refractivity contribution in [1.82, 2.24) is 5.43 Å². The fourth-order valence-electron chi connectivity index (χ4n) is 2.32. The maximum absolute atomic E-state index is 6.13. The van der Waals surface area contributed by atoms with Crippen LogP contribution < -0.4 is 17.0 Å². The fraction of sp³-hybridized carbons (Fsp3) is 0.0667. The molecule has 0 amide bonds. The van der Waals surface area contributed by atoms with Gasteiger partial charge in [-0.25, -0.2) is 5.43 Å². The number of nitrogens with one attached hydrogen (secondary N) is 1. The predicted molar refractivity (Wildman–Crippen MR) is 86.3 cm³/mol. The molecule has 0 saturated heterocycles. The lowest BCUT2D eigenvalue weighted by molar-refractivity contribution is 0.478. The van der Waals surface area contributed by atoms with Gasteiger partial charge in [-0.05, 0) is 24.3 Å². The van der Waals surface area contributed by atoms with Crippen molar-refractivity contribution in [1.29, 1.82) is 0 Å². The Morgan fingerprint density at radius 2 is 1.90 bits per heavy atom. The Kier molecular flexibility index (Phi) is 3.78. The second kappa shape index (κ2) is 5.58. The molecule has 0 radical (unpaired) electrons. The van der Waals surface area contributed by atoms with Gasteiger partial charge in [0.15, 0.2) is 5.58 Å². The summed E-state index contributed by atoms with van der Waals surface area (Å²) in [7, 11) is 0. The van der Waals surface area contributed by atoms with Gasteiger partial charge in [-0.1, -0.05) is 41.4 Å². The van der Waals surface area contributed by atoms with Crippen molar-refractivity contribution >= 4 is 39.9 Å². The average molecular weight is 322 g/mol. The van der Waals surface area contributed by atoms with Crippen molar-refractivity contribution in [3.05, 3.63) is 63.8 Å². The van der Waals surface area contributed by atoms with Crippen LogP contribution in [0.2, 0.25) is 10.0 Å². The number of hydrogen-bond donors (Lipinski definition) is 3. The van der Waals surface area contributed by atoms with E-state index in [0.29, 0.717) is 27.1 Å². The van der Waals surface area contributed by atoms with E-state index in [4.69, 9.17) is 39.2 Å². The third-order valence-electron chi connectivity index (χ3n) is 3.33. The van der Waals surface area contributed by atoms with Crippen molar-refractivity contribution in [2.45, 2.75) is 6.04 Å². The minimum absolute atomic E-state index is 0.384. The Morgan fingerprint density at radius 3 is 2.57 bits per heavy atom. The predicted octanol–water partition coefficient (Wildman–Crippen LogP) is 3.87. The van der Waals surface area contributed by atoms with Crippen LogP contribution in [0.25, 0.3) is 11.0 Å². The maximum Gasteiger partial charge on any atom is 0.152 e. The third kappa shape index (κ3) is 2.59. The molecule has 6 heteroatoms. The summed E-state index contributed by atoms with van der Waals surface area (Å²) in [4.78, 5) is 0. The molecule has 0 bridgehead atoms. The van der Waals surface area contributed by atoms with Gasteiger partial charge >= 0.3 is 0 Å². The second-order valence-electron chi connectivity index (χ2n) is 4.68. The van der Waals surface area contributed by atoms with E-state index in [0.717, 1.165) is 10.9 Å². The molecule has 4 nitrogen and oxygen atoms in total. The Bertz CT molecular complexity index is 801. The number of furan rings is 1. The van der Waals surface area contributed by atoms with Crippen LogP contribution >= 0.6 is 23.2 Å². The van der Waals surface area contributed by atoms with Crippen LogP contribution in [0.15, 0.2) is 46.9 Å². The lowest BCUT2D eigenvalue weighted by Crippen LogP contribution is -2.29. The number of halogens is 2. The highest BCUT2D eigenvalue weighted by molar-refractivity contribution is 6.34. The number of anilines is 1. The first-order chi connectivity index (χ1) is 10.1. The lowest BCUT2D eigenvalue weighted by Gasteiger charge is -2.16. The van der Waals surface area contributed by atoms with Gasteiger partial charge in [0.1, 0.15) is 11.8 Å². The molecule has 2 aromatic carbocycles. The van der Waals surface area contributed by atoms with Crippen LogP contribution in [-0.4, -0.2) is 0 Å². The van der Waals surface area contributed by atoms with Crippen LogP contribution in [0.3, 0.4) is 0 Å². The fourth-order valence-corrected chi connectivity index (χ4v) is 2.72. The molecule has 0 spiro atoms. The highest BCUT2D eigenvalue weighted by Gasteiger charge is 2.20. The Labute approximate surface area is 131 Å². The molecule has 5 N–H and O–H groups in total. The summed E-state index contributed by atoms with van der Waals surface area (Å²) < 4.78 is 5.83. The smallest absolute Gasteiger partial charge is 0.152 e. The van der Waals surface area contributed by atoms with Crippen molar-refractivity contribution in [3.63, 3.8) is 0 Å². The summed E-state index contributed by atoms with van der Waals surface area (Å²) >= 11 is 12.1. The van der Waals surface area contributed by atoms with Crippen molar-refractivity contribution < 1.29 is 4.42 Å². The van der Waals surface area contributed by atoms with E-state index in [-0.39, 0.29) is 6.04 Å². The first-order valence-electron chi connectivity index (χ1n) is 6.29. The van der Waals surface area contributed by atoms with Crippen LogP contribution in [-0.2, 0) is 0 Å². The minimum atomic E-state index is -0.384. The molecule has 21 heavy (non-hydrogen) atoms. The number of para-hydroxylation sites is 1. The highest BCUT2D eigenvalue weighted by atomic mass is 35.5. The van der Waals surface area contributed by atoms with E-state index >= 15 is 0 Å². The van der Waals surface area contributed by atoms with Crippen LogP contribution in [0.4, 0.5) is 5.69 Å². The molecule has 3 rings (SSSR count). The molecule has 3 aromatic rings. The standard InChI is InChI=1S/C15H13Cl2N3O/c16-9-4-5-10(12(18)7-9)14(20-19)13-6-8-2-1-3-11(17)15(8)21-13/h1-7,14,20H,18-19H2. The summed E-state index contributed by atoms with van der Waals surface area (Å²) in [5, 5.41) is 2.03. The molecular weight excluding hydrogens is 309 g/mol. The molecule has 0 fully saturated rings. The third-order valence-corrected chi connectivity index (χ3v) is 3.86. The van der Waals surface area contributed by atoms with Crippen molar-refractivity contribution in [3.8, 4) is 0 Å². The topological polar surface area (TPSA) is 77.2 Å². The minimum Gasteiger partial charge on any atom is -0.457 e. The second-order valence-corrected chi connectivity index (χ2v) is 5.52. The van der Waals surface area contributed by atoms with E-state index < -0.39 is 0 Å². The highest BCUT2D eigenvalue weighted by Crippen LogP contribution is 2.34. The monoisotopic (exact) mass is 321 g/mol. The summed E-state index contributed by atoms with van der Waals surface area (Å²) in [5.74, 6) is 6.31. The van der Waals surface area contributed by atoms with Gasteiger partial charge in [0.2, 0.25) is 0 Å². The van der Waals surface area contributed by atoms with E-state index in [1.807, 2.05) is 24.3 Å². The Balaban J connectivity index is 2.11. The van der Waals surface area contributed by atoms with Crippen molar-refractivity contribution in [2.75, 3.05) is 5.73 Å². The summed E-state index contributed by atoms with van der Waals surface area (Å²) in [6.07, 6.45) is 0. The van der Waals surface area contributed by atoms with Crippen LogP contribution in [0, 0.1) is 0 Å². The van der Waals surface area contributed by atoms with Gasteiger partial charge in [0, 0.05) is 21.7 Å². The number of hydrazine groups is 1. The van der Waals surface area contributed by atoms with Crippen LogP contribution in [0.1, 0.15) is 17.4 Å². The molecule has 1 atom stereocenters. The number of rotatable bonds is 3. The molecule has 0 aliphatic carbocycles. The summed E-state index contributed by atoms with van der Waals surface area (Å²) in [6, 6.07) is 12.3. The molecule has 1 unspecified atom stereocenters. The Morgan fingerprint density at radius 1 is 1.10 bits per heavy atom. The molecule has 0 aliphatic rings. The van der Waals surface area contributed by atoms with Gasteiger partial charge in [0.25, 0.3) is 0 Å². The summed E-state index contributed by atoms with van der Waals surface area (Å²) in [6.45, 7) is 0. The number of nitrogen functional groups attached to an aromatic ring is 1. The Hall–Kier alpha value is -1.72. The van der Waals surface area contributed by atoms with Crippen molar-refractivity contribution in [2.24, 2.45) is 5.84 Å². The average Bonchev–Trinajstić information content (AvgIpc) is 2.87. The molecule has 0 aliphatic heterocycles. The SMILES string of the molecule is NNC(c1cc2cccc(Cl)c2o1)c1ccc(Cl)cc1N. The molecular formula is C15H13Cl2N3O. The van der Waals surface area contributed by atoms with Gasteiger partial charge in [-0.15, -0.1) is 0 Å². The van der Waals surface area contributed by atoms with Gasteiger partial charge in [0.05, 0.1) is 5.02 Å². The van der Waals surface area contributed by atoms with Gasteiger partial charge < -0.3 is 10.2 Å². The quantitative estimate of drug-likeness (QED) is 0.388. The zero-order chi connectivity index (χ0) is 15.0. The van der Waals surface area contributed by atoms with Gasteiger partial charge in [-0.2, -0.15) is 0 Å². The molecule has 0 saturated carbocycles. The van der Waals surface area contributed by atoms with E-state index in [1.165, 1.54) is 0 Å². The lowest BCUT2D eigenvalue weighted by atomic mass is 10.0. The van der Waals surface area contributed by atoms with Gasteiger partial charge in [-0.3, -0.25) is 5.84 Å².